The minimum Gasteiger partial charge on any atom is -0.314 e. The summed E-state index contributed by atoms with van der Waals surface area (Å²) in [5, 5.41) is 3.48. The van der Waals surface area contributed by atoms with Crippen molar-refractivity contribution in [2.45, 2.75) is 65.3 Å². The smallest absolute Gasteiger partial charge is 0.00669 e. The second-order valence-electron chi connectivity index (χ2n) is 3.60. The van der Waals surface area contributed by atoms with Crippen LogP contribution in [0.1, 0.15) is 59.3 Å². The van der Waals surface area contributed by atoms with Crippen LogP contribution in [0.25, 0.3) is 0 Å². The van der Waals surface area contributed by atoms with Crippen molar-refractivity contribution in [1.82, 2.24) is 5.32 Å². The molecule has 0 aliphatic heterocycles. The molecule has 1 aliphatic rings. The highest BCUT2D eigenvalue weighted by molar-refractivity contribution is 4.70. The van der Waals surface area contributed by atoms with Crippen molar-refractivity contribution < 1.29 is 0 Å². The first kappa shape index (κ1) is 12.0. The molecule has 0 radical (unpaired) electrons. The average Bonchev–Trinajstić information content (AvgIpc) is 2.08. The van der Waals surface area contributed by atoms with E-state index in [9.17, 15) is 0 Å². The predicted molar refractivity (Wildman–Crippen MR) is 56.5 cm³/mol. The van der Waals surface area contributed by atoms with Crippen LogP contribution in [0.15, 0.2) is 0 Å². The summed E-state index contributed by atoms with van der Waals surface area (Å²) in [5.41, 5.74) is 0. The number of hydrogen-bond acceptors (Lipinski definition) is 1. The third kappa shape index (κ3) is 6.66. The minimum atomic E-state index is 0.851. The van der Waals surface area contributed by atoms with Gasteiger partial charge in [-0.1, -0.05) is 46.5 Å². The van der Waals surface area contributed by atoms with Gasteiger partial charge in [-0.3, -0.25) is 0 Å². The van der Waals surface area contributed by atoms with E-state index in [1.165, 1.54) is 38.5 Å². The van der Waals surface area contributed by atoms with Gasteiger partial charge in [-0.2, -0.15) is 0 Å². The molecule has 1 aliphatic carbocycles. The first-order chi connectivity index (χ1) is 5.85. The van der Waals surface area contributed by atoms with E-state index in [4.69, 9.17) is 0 Å². The molecule has 0 heterocycles. The lowest BCUT2D eigenvalue weighted by atomic mass is 9.96. The molecule has 0 aromatic carbocycles. The zero-order valence-electron chi connectivity index (χ0n) is 9.03. The third-order valence-electron chi connectivity index (χ3n) is 2.10. The van der Waals surface area contributed by atoms with Gasteiger partial charge in [-0.25, -0.2) is 0 Å². The summed E-state index contributed by atoms with van der Waals surface area (Å²) in [6, 6.07) is 0.851. The Labute approximate surface area is 77.9 Å². The summed E-state index contributed by atoms with van der Waals surface area (Å²) in [6.45, 7) is 7.58. The van der Waals surface area contributed by atoms with E-state index in [1.807, 2.05) is 0 Å². The van der Waals surface area contributed by atoms with Crippen molar-refractivity contribution in [3.63, 3.8) is 0 Å². The molecular formula is C11H25N. The highest BCUT2D eigenvalue weighted by atomic mass is 14.9. The highest BCUT2D eigenvalue weighted by Gasteiger charge is 2.10. The number of nitrogens with one attached hydrogen (secondary N) is 1. The molecule has 0 unspecified atom stereocenters. The lowest BCUT2D eigenvalue weighted by molar-refractivity contribution is 0.380. The molecule has 0 amide bonds. The summed E-state index contributed by atoms with van der Waals surface area (Å²) >= 11 is 0. The van der Waals surface area contributed by atoms with Crippen molar-refractivity contribution in [3.05, 3.63) is 0 Å². The molecule has 1 rings (SSSR count). The van der Waals surface area contributed by atoms with Gasteiger partial charge in [-0.05, 0) is 19.4 Å². The van der Waals surface area contributed by atoms with Gasteiger partial charge in [0.15, 0.2) is 0 Å². The lowest BCUT2D eigenvalue weighted by Crippen LogP contribution is -2.30. The van der Waals surface area contributed by atoms with Gasteiger partial charge in [-0.15, -0.1) is 0 Å². The maximum atomic E-state index is 3.48. The Kier molecular flexibility index (Phi) is 9.02. The average molecular weight is 171 g/mol. The molecule has 1 nitrogen and oxygen atoms in total. The first-order valence-electron chi connectivity index (χ1n) is 5.58. The third-order valence-corrected chi connectivity index (χ3v) is 2.10. The van der Waals surface area contributed by atoms with Crippen LogP contribution >= 0.6 is 0 Å². The number of rotatable bonds is 2. The quantitative estimate of drug-likeness (QED) is 0.672. The fraction of sp³-hybridized carbons (Fsp3) is 1.00. The van der Waals surface area contributed by atoms with Gasteiger partial charge in [0.1, 0.15) is 0 Å². The van der Waals surface area contributed by atoms with Crippen LogP contribution in [0.5, 0.6) is 0 Å². The summed E-state index contributed by atoms with van der Waals surface area (Å²) < 4.78 is 0. The largest absolute Gasteiger partial charge is 0.314 e. The van der Waals surface area contributed by atoms with Crippen molar-refractivity contribution in [2.24, 2.45) is 0 Å². The maximum Gasteiger partial charge on any atom is 0.00669 e. The SMILES string of the molecule is CCC.CCNC1CCCCC1. The summed E-state index contributed by atoms with van der Waals surface area (Å²) in [4.78, 5) is 0. The molecular weight excluding hydrogens is 146 g/mol. The van der Waals surface area contributed by atoms with Crippen LogP contribution in [0.4, 0.5) is 0 Å². The van der Waals surface area contributed by atoms with Crippen LogP contribution in [-0.4, -0.2) is 12.6 Å². The standard InChI is InChI=1S/C8H17N.C3H8/c1-2-9-8-6-4-3-5-7-8;1-3-2/h8-9H,2-7H2,1H3;3H2,1-2H3. The molecule has 1 saturated carbocycles. The predicted octanol–water partition coefficient (Wildman–Crippen LogP) is 3.34. The summed E-state index contributed by atoms with van der Waals surface area (Å²) in [7, 11) is 0. The van der Waals surface area contributed by atoms with Crippen LogP contribution in [0, 0.1) is 0 Å². The van der Waals surface area contributed by atoms with E-state index in [2.05, 4.69) is 26.1 Å². The summed E-state index contributed by atoms with van der Waals surface area (Å²) in [6.07, 6.45) is 8.42. The normalized spacial score (nSPS) is 18.2. The molecule has 0 aromatic rings. The Hall–Kier alpha value is -0.0400. The maximum absolute atomic E-state index is 3.48. The Morgan fingerprint density at radius 3 is 1.92 bits per heavy atom. The molecule has 0 bridgehead atoms. The fourth-order valence-corrected chi connectivity index (χ4v) is 1.60. The molecule has 12 heavy (non-hydrogen) atoms. The summed E-state index contributed by atoms with van der Waals surface area (Å²) in [5.74, 6) is 0. The second-order valence-corrected chi connectivity index (χ2v) is 3.60. The molecule has 0 saturated heterocycles. The van der Waals surface area contributed by atoms with E-state index < -0.39 is 0 Å². The molecule has 0 aromatic heterocycles. The van der Waals surface area contributed by atoms with Crippen molar-refractivity contribution in [3.8, 4) is 0 Å². The first-order valence-corrected chi connectivity index (χ1v) is 5.58. The van der Waals surface area contributed by atoms with E-state index in [-0.39, 0.29) is 0 Å². The van der Waals surface area contributed by atoms with Crippen LogP contribution in [0.3, 0.4) is 0 Å². The fourth-order valence-electron chi connectivity index (χ4n) is 1.60. The van der Waals surface area contributed by atoms with E-state index in [1.54, 1.807) is 0 Å². The molecule has 1 N–H and O–H groups in total. The van der Waals surface area contributed by atoms with Crippen molar-refractivity contribution in [2.75, 3.05) is 6.54 Å². The van der Waals surface area contributed by atoms with Gasteiger partial charge >= 0.3 is 0 Å². The molecule has 1 heteroatoms. The highest BCUT2D eigenvalue weighted by Crippen LogP contribution is 2.16. The van der Waals surface area contributed by atoms with Gasteiger partial charge < -0.3 is 5.32 Å². The van der Waals surface area contributed by atoms with Gasteiger partial charge in [0.25, 0.3) is 0 Å². The van der Waals surface area contributed by atoms with Crippen molar-refractivity contribution >= 4 is 0 Å². The van der Waals surface area contributed by atoms with Crippen LogP contribution in [-0.2, 0) is 0 Å². The number of hydrogen-bond donors (Lipinski definition) is 1. The van der Waals surface area contributed by atoms with E-state index in [0.29, 0.717) is 0 Å². The second kappa shape index (κ2) is 9.05. The minimum absolute atomic E-state index is 0.851. The Morgan fingerprint density at radius 2 is 1.50 bits per heavy atom. The zero-order chi connectivity index (χ0) is 9.23. The molecule has 74 valence electrons. The van der Waals surface area contributed by atoms with E-state index >= 15 is 0 Å². The van der Waals surface area contributed by atoms with Crippen LogP contribution in [0.2, 0.25) is 0 Å². The lowest BCUT2D eigenvalue weighted by Gasteiger charge is -2.21. The zero-order valence-corrected chi connectivity index (χ0v) is 9.03. The molecule has 0 atom stereocenters. The Balaban J connectivity index is 0.000000354. The Morgan fingerprint density at radius 1 is 1.00 bits per heavy atom. The van der Waals surface area contributed by atoms with Gasteiger partial charge in [0, 0.05) is 6.04 Å². The van der Waals surface area contributed by atoms with Gasteiger partial charge in [0.2, 0.25) is 0 Å². The van der Waals surface area contributed by atoms with E-state index in [0.717, 1.165) is 12.6 Å². The topological polar surface area (TPSA) is 12.0 Å². The monoisotopic (exact) mass is 171 g/mol. The van der Waals surface area contributed by atoms with Crippen LogP contribution < -0.4 is 5.32 Å². The molecule has 1 fully saturated rings. The van der Waals surface area contributed by atoms with Gasteiger partial charge in [0.05, 0.1) is 0 Å². The molecule has 0 spiro atoms. The Bertz CT molecular complexity index is 72.3. The van der Waals surface area contributed by atoms with Crippen molar-refractivity contribution in [1.29, 1.82) is 0 Å².